The number of benzene rings is 1. The predicted molar refractivity (Wildman–Crippen MR) is 66.4 cm³/mol. The zero-order chi connectivity index (χ0) is 12.4. The Labute approximate surface area is 107 Å². The van der Waals surface area contributed by atoms with Gasteiger partial charge in [-0.25, -0.2) is 9.67 Å². The van der Waals surface area contributed by atoms with Gasteiger partial charge in [-0.1, -0.05) is 6.07 Å². The lowest BCUT2D eigenvalue weighted by molar-refractivity contribution is 0.812. The van der Waals surface area contributed by atoms with Crippen LogP contribution in [0.15, 0.2) is 29.0 Å². The van der Waals surface area contributed by atoms with Crippen LogP contribution < -0.4 is 5.73 Å². The molecular weight excluding hydrogens is 282 g/mol. The second kappa shape index (κ2) is 4.65. The Morgan fingerprint density at radius 3 is 2.82 bits per heavy atom. The molecule has 6 heteroatoms. The third kappa shape index (κ3) is 2.35. The van der Waals surface area contributed by atoms with Crippen molar-refractivity contribution in [1.29, 1.82) is 5.26 Å². The molecule has 0 radical (unpaired) electrons. The number of nitrogens with zero attached hydrogens (tertiary/aromatic N) is 4. The summed E-state index contributed by atoms with van der Waals surface area (Å²) >= 11 is 3.46. The number of hydrogen-bond acceptors (Lipinski definition) is 4. The minimum absolute atomic E-state index is 0.0224. The second-order valence-corrected chi connectivity index (χ2v) is 4.48. The van der Waals surface area contributed by atoms with E-state index in [2.05, 4.69) is 26.0 Å². The van der Waals surface area contributed by atoms with E-state index in [1.807, 2.05) is 31.2 Å². The van der Waals surface area contributed by atoms with Crippen LogP contribution in [0, 0.1) is 11.3 Å². The maximum atomic E-state index is 8.67. The molecule has 1 unspecified atom stereocenters. The van der Waals surface area contributed by atoms with Gasteiger partial charge in [0, 0.05) is 10.5 Å². The molecule has 0 saturated heterocycles. The molecular formula is C11H10BrN5. The van der Waals surface area contributed by atoms with E-state index in [1.54, 1.807) is 4.68 Å². The van der Waals surface area contributed by atoms with Crippen LogP contribution in [0.3, 0.4) is 0 Å². The van der Waals surface area contributed by atoms with Gasteiger partial charge in [-0.05, 0) is 40.5 Å². The van der Waals surface area contributed by atoms with Crippen molar-refractivity contribution in [1.82, 2.24) is 14.8 Å². The fraction of sp³-hybridized carbons (Fsp3) is 0.182. The number of nitrogens with two attached hydrogens (primary N) is 1. The highest BCUT2D eigenvalue weighted by Gasteiger charge is 2.08. The van der Waals surface area contributed by atoms with Gasteiger partial charge in [0.05, 0.1) is 5.69 Å². The predicted octanol–water partition coefficient (Wildman–Crippen LogP) is 1.92. The first-order valence-corrected chi connectivity index (χ1v) is 5.78. The standard InChI is InChI=1S/C11H10BrN5/c1-7(14)8-2-3-10(9(12)4-8)17-6-15-11(5-13)16-17/h2-4,6-7H,14H2,1H3. The summed E-state index contributed by atoms with van der Waals surface area (Å²) in [4.78, 5) is 3.85. The molecule has 0 spiro atoms. The van der Waals surface area contributed by atoms with Crippen LogP contribution in [-0.2, 0) is 0 Å². The van der Waals surface area contributed by atoms with Crippen LogP contribution in [-0.4, -0.2) is 14.8 Å². The van der Waals surface area contributed by atoms with Crippen LogP contribution in [0.5, 0.6) is 0 Å². The van der Waals surface area contributed by atoms with E-state index in [0.29, 0.717) is 0 Å². The summed E-state index contributed by atoms with van der Waals surface area (Å²) in [6.07, 6.45) is 1.50. The van der Waals surface area contributed by atoms with Gasteiger partial charge in [-0.15, -0.1) is 5.10 Å². The van der Waals surface area contributed by atoms with E-state index in [1.165, 1.54) is 6.33 Å². The topological polar surface area (TPSA) is 80.5 Å². The molecule has 1 atom stereocenters. The summed E-state index contributed by atoms with van der Waals surface area (Å²) in [5.74, 6) is 0.146. The van der Waals surface area contributed by atoms with Crippen LogP contribution in [0.1, 0.15) is 24.4 Å². The molecule has 1 heterocycles. The molecule has 0 saturated carbocycles. The number of halogens is 1. The van der Waals surface area contributed by atoms with Crippen molar-refractivity contribution in [2.24, 2.45) is 5.73 Å². The van der Waals surface area contributed by atoms with Gasteiger partial charge in [-0.3, -0.25) is 0 Å². The summed E-state index contributed by atoms with van der Waals surface area (Å²) in [5, 5.41) is 12.7. The lowest BCUT2D eigenvalue weighted by Crippen LogP contribution is -2.05. The third-order valence-electron chi connectivity index (χ3n) is 2.34. The molecule has 0 aliphatic rings. The molecule has 0 bridgehead atoms. The van der Waals surface area contributed by atoms with E-state index < -0.39 is 0 Å². The molecule has 86 valence electrons. The van der Waals surface area contributed by atoms with Crippen molar-refractivity contribution in [3.05, 3.63) is 40.4 Å². The van der Waals surface area contributed by atoms with E-state index in [-0.39, 0.29) is 11.9 Å². The van der Waals surface area contributed by atoms with Gasteiger partial charge in [0.2, 0.25) is 0 Å². The van der Waals surface area contributed by atoms with Crippen molar-refractivity contribution in [2.75, 3.05) is 0 Å². The molecule has 2 rings (SSSR count). The van der Waals surface area contributed by atoms with E-state index in [0.717, 1.165) is 15.7 Å². The highest BCUT2D eigenvalue weighted by molar-refractivity contribution is 9.10. The molecule has 2 aromatic rings. The van der Waals surface area contributed by atoms with Crippen LogP contribution in [0.4, 0.5) is 0 Å². The zero-order valence-corrected chi connectivity index (χ0v) is 10.7. The van der Waals surface area contributed by atoms with Crippen molar-refractivity contribution < 1.29 is 0 Å². The molecule has 0 amide bonds. The molecule has 0 fully saturated rings. The first-order valence-electron chi connectivity index (χ1n) is 4.99. The zero-order valence-electron chi connectivity index (χ0n) is 9.13. The Balaban J connectivity index is 2.43. The lowest BCUT2D eigenvalue weighted by Gasteiger charge is -2.09. The lowest BCUT2D eigenvalue weighted by atomic mass is 10.1. The number of hydrogen-bond donors (Lipinski definition) is 1. The Bertz CT molecular complexity index is 582. The van der Waals surface area contributed by atoms with E-state index >= 15 is 0 Å². The van der Waals surface area contributed by atoms with Crippen molar-refractivity contribution >= 4 is 15.9 Å². The summed E-state index contributed by atoms with van der Waals surface area (Å²) in [7, 11) is 0. The highest BCUT2D eigenvalue weighted by atomic mass is 79.9. The average Bonchev–Trinajstić information content (AvgIpc) is 2.77. The van der Waals surface area contributed by atoms with Crippen molar-refractivity contribution in [3.63, 3.8) is 0 Å². The van der Waals surface area contributed by atoms with Crippen LogP contribution >= 0.6 is 15.9 Å². The Morgan fingerprint density at radius 2 is 2.29 bits per heavy atom. The summed E-state index contributed by atoms with van der Waals surface area (Å²) in [5.41, 5.74) is 7.65. The summed E-state index contributed by atoms with van der Waals surface area (Å²) in [6.45, 7) is 1.92. The SMILES string of the molecule is CC(N)c1ccc(-n2cnc(C#N)n2)c(Br)c1. The fourth-order valence-corrected chi connectivity index (χ4v) is 2.00. The Kier molecular flexibility index (Phi) is 3.22. The van der Waals surface area contributed by atoms with Crippen LogP contribution in [0.2, 0.25) is 0 Å². The van der Waals surface area contributed by atoms with Gasteiger partial charge in [-0.2, -0.15) is 5.26 Å². The quantitative estimate of drug-likeness (QED) is 0.917. The van der Waals surface area contributed by atoms with Gasteiger partial charge in [0.25, 0.3) is 5.82 Å². The molecule has 17 heavy (non-hydrogen) atoms. The molecule has 1 aromatic carbocycles. The second-order valence-electron chi connectivity index (χ2n) is 3.62. The summed E-state index contributed by atoms with van der Waals surface area (Å²) in [6, 6.07) is 7.62. The monoisotopic (exact) mass is 291 g/mol. The fourth-order valence-electron chi connectivity index (χ4n) is 1.42. The highest BCUT2D eigenvalue weighted by Crippen LogP contribution is 2.24. The first-order chi connectivity index (χ1) is 8.11. The Morgan fingerprint density at radius 1 is 1.53 bits per heavy atom. The molecule has 2 N–H and O–H groups in total. The minimum atomic E-state index is -0.0224. The van der Waals surface area contributed by atoms with Gasteiger partial charge in [0.1, 0.15) is 12.4 Å². The minimum Gasteiger partial charge on any atom is -0.324 e. The molecule has 5 nitrogen and oxygen atoms in total. The number of rotatable bonds is 2. The number of aromatic nitrogens is 3. The van der Waals surface area contributed by atoms with E-state index in [4.69, 9.17) is 11.0 Å². The molecule has 0 aliphatic carbocycles. The maximum Gasteiger partial charge on any atom is 0.252 e. The van der Waals surface area contributed by atoms with Gasteiger partial charge in [0.15, 0.2) is 0 Å². The average molecular weight is 292 g/mol. The van der Waals surface area contributed by atoms with Crippen molar-refractivity contribution in [3.8, 4) is 11.8 Å². The molecule has 0 aliphatic heterocycles. The summed E-state index contributed by atoms with van der Waals surface area (Å²) < 4.78 is 2.41. The maximum absolute atomic E-state index is 8.67. The Hall–Kier alpha value is -1.71. The van der Waals surface area contributed by atoms with Crippen molar-refractivity contribution in [2.45, 2.75) is 13.0 Å². The number of nitriles is 1. The largest absolute Gasteiger partial charge is 0.324 e. The normalized spacial score (nSPS) is 12.1. The third-order valence-corrected chi connectivity index (χ3v) is 2.97. The first kappa shape index (κ1) is 11.8. The van der Waals surface area contributed by atoms with Crippen LogP contribution in [0.25, 0.3) is 5.69 Å². The van der Waals surface area contributed by atoms with E-state index in [9.17, 15) is 0 Å². The van der Waals surface area contributed by atoms with Gasteiger partial charge < -0.3 is 5.73 Å². The van der Waals surface area contributed by atoms with Gasteiger partial charge >= 0.3 is 0 Å². The molecule has 1 aromatic heterocycles. The smallest absolute Gasteiger partial charge is 0.252 e.